The zero-order valence-electron chi connectivity index (χ0n) is 8.63. The molecule has 0 atom stereocenters. The van der Waals surface area contributed by atoms with E-state index in [9.17, 15) is 4.79 Å². The molecule has 15 heavy (non-hydrogen) atoms. The van der Waals surface area contributed by atoms with Crippen LogP contribution in [0.25, 0.3) is 0 Å². The SMILES string of the molecule is Cc1cc(Cl)ccc1OCC(=O)C1CC1. The van der Waals surface area contributed by atoms with Crippen molar-refractivity contribution in [3.8, 4) is 5.75 Å². The van der Waals surface area contributed by atoms with Crippen molar-refractivity contribution in [1.29, 1.82) is 0 Å². The number of aryl methyl sites for hydroxylation is 1. The van der Waals surface area contributed by atoms with Gasteiger partial charge in [-0.05, 0) is 43.5 Å². The standard InChI is InChI=1S/C12H13ClO2/c1-8-6-10(13)4-5-12(8)15-7-11(14)9-2-3-9/h4-6,9H,2-3,7H2,1H3. The maximum absolute atomic E-state index is 11.4. The van der Waals surface area contributed by atoms with Gasteiger partial charge in [-0.3, -0.25) is 4.79 Å². The van der Waals surface area contributed by atoms with E-state index in [0.717, 1.165) is 24.2 Å². The predicted molar refractivity (Wildman–Crippen MR) is 59.4 cm³/mol. The highest BCUT2D eigenvalue weighted by Crippen LogP contribution is 2.30. The number of Topliss-reactive ketones (excluding diaryl/α,β-unsaturated/α-hetero) is 1. The van der Waals surface area contributed by atoms with Crippen molar-refractivity contribution in [2.45, 2.75) is 19.8 Å². The Balaban J connectivity index is 1.95. The van der Waals surface area contributed by atoms with Gasteiger partial charge in [-0.25, -0.2) is 0 Å². The number of carbonyl (C=O) groups excluding carboxylic acids is 1. The van der Waals surface area contributed by atoms with Crippen LogP contribution in [0.4, 0.5) is 0 Å². The molecule has 1 fully saturated rings. The van der Waals surface area contributed by atoms with Gasteiger partial charge in [0.2, 0.25) is 0 Å². The molecule has 0 saturated heterocycles. The topological polar surface area (TPSA) is 26.3 Å². The molecule has 0 N–H and O–H groups in total. The minimum Gasteiger partial charge on any atom is -0.486 e. The summed E-state index contributed by atoms with van der Waals surface area (Å²) in [5.41, 5.74) is 0.964. The van der Waals surface area contributed by atoms with Crippen LogP contribution in [0.2, 0.25) is 5.02 Å². The molecule has 0 radical (unpaired) electrons. The van der Waals surface area contributed by atoms with Gasteiger partial charge in [0.05, 0.1) is 0 Å². The Morgan fingerprint density at radius 2 is 2.27 bits per heavy atom. The second-order valence-corrected chi connectivity index (χ2v) is 4.38. The number of benzene rings is 1. The lowest BCUT2D eigenvalue weighted by atomic mass is 10.2. The number of hydrogen-bond acceptors (Lipinski definition) is 2. The van der Waals surface area contributed by atoms with Gasteiger partial charge in [0.1, 0.15) is 12.4 Å². The van der Waals surface area contributed by atoms with Gasteiger partial charge in [0.25, 0.3) is 0 Å². The van der Waals surface area contributed by atoms with Crippen molar-refractivity contribution in [2.75, 3.05) is 6.61 Å². The Bertz CT molecular complexity index is 383. The minimum atomic E-state index is 0.188. The number of hydrogen-bond donors (Lipinski definition) is 0. The van der Waals surface area contributed by atoms with Gasteiger partial charge in [-0.1, -0.05) is 11.6 Å². The molecule has 80 valence electrons. The molecule has 0 bridgehead atoms. The summed E-state index contributed by atoms with van der Waals surface area (Å²) in [6.07, 6.45) is 2.06. The third-order valence-electron chi connectivity index (χ3n) is 2.54. The first kappa shape index (κ1) is 10.5. The molecule has 1 aromatic rings. The van der Waals surface area contributed by atoms with E-state index in [0.29, 0.717) is 5.02 Å². The molecule has 2 nitrogen and oxygen atoms in total. The summed E-state index contributed by atoms with van der Waals surface area (Å²) in [5.74, 6) is 1.22. The Labute approximate surface area is 94.2 Å². The van der Waals surface area contributed by atoms with E-state index >= 15 is 0 Å². The second kappa shape index (κ2) is 4.23. The average Bonchev–Trinajstić information content (AvgIpc) is 2.99. The maximum Gasteiger partial charge on any atom is 0.173 e. The van der Waals surface area contributed by atoms with Gasteiger partial charge < -0.3 is 4.74 Å². The van der Waals surface area contributed by atoms with E-state index in [4.69, 9.17) is 16.3 Å². The Kier molecular flexibility index (Phi) is 2.96. The molecule has 1 aliphatic rings. The fourth-order valence-corrected chi connectivity index (χ4v) is 1.67. The molecule has 1 aliphatic carbocycles. The molecule has 3 heteroatoms. The fraction of sp³-hybridized carbons (Fsp3) is 0.417. The van der Waals surface area contributed by atoms with Crippen LogP contribution in [0.1, 0.15) is 18.4 Å². The van der Waals surface area contributed by atoms with Gasteiger partial charge in [0.15, 0.2) is 5.78 Å². The van der Waals surface area contributed by atoms with E-state index < -0.39 is 0 Å². The first-order valence-electron chi connectivity index (χ1n) is 5.08. The number of halogens is 1. The van der Waals surface area contributed by atoms with E-state index in [1.54, 1.807) is 12.1 Å². The van der Waals surface area contributed by atoms with E-state index in [-0.39, 0.29) is 18.3 Å². The lowest BCUT2D eigenvalue weighted by Crippen LogP contribution is -2.13. The quantitative estimate of drug-likeness (QED) is 0.786. The summed E-state index contributed by atoms with van der Waals surface area (Å²) in [5, 5.41) is 0.688. The van der Waals surface area contributed by atoms with Crippen molar-refractivity contribution in [3.05, 3.63) is 28.8 Å². The molecule has 0 amide bonds. The van der Waals surface area contributed by atoms with Crippen LogP contribution in [0.5, 0.6) is 5.75 Å². The summed E-state index contributed by atoms with van der Waals surface area (Å²) >= 11 is 5.82. The van der Waals surface area contributed by atoms with Crippen LogP contribution >= 0.6 is 11.6 Å². The van der Waals surface area contributed by atoms with Crippen LogP contribution in [0.15, 0.2) is 18.2 Å². The summed E-state index contributed by atoms with van der Waals surface area (Å²) in [7, 11) is 0. The van der Waals surface area contributed by atoms with E-state index in [1.807, 2.05) is 13.0 Å². The van der Waals surface area contributed by atoms with Crippen molar-refractivity contribution >= 4 is 17.4 Å². The van der Waals surface area contributed by atoms with Gasteiger partial charge >= 0.3 is 0 Å². The third kappa shape index (κ3) is 2.72. The van der Waals surface area contributed by atoms with Crippen molar-refractivity contribution in [3.63, 3.8) is 0 Å². The molecular weight excluding hydrogens is 212 g/mol. The fourth-order valence-electron chi connectivity index (χ4n) is 1.45. The van der Waals surface area contributed by atoms with Gasteiger partial charge in [-0.15, -0.1) is 0 Å². The normalized spacial score (nSPS) is 15.1. The molecule has 1 aromatic carbocycles. The van der Waals surface area contributed by atoms with Crippen LogP contribution in [-0.2, 0) is 4.79 Å². The smallest absolute Gasteiger partial charge is 0.173 e. The first-order valence-corrected chi connectivity index (χ1v) is 5.46. The first-order chi connectivity index (χ1) is 7.16. The number of ketones is 1. The minimum absolute atomic E-state index is 0.188. The number of ether oxygens (including phenoxy) is 1. The van der Waals surface area contributed by atoms with Crippen LogP contribution in [0.3, 0.4) is 0 Å². The molecule has 0 heterocycles. The van der Waals surface area contributed by atoms with E-state index in [1.165, 1.54) is 0 Å². The molecule has 1 saturated carbocycles. The highest BCUT2D eigenvalue weighted by molar-refractivity contribution is 6.30. The van der Waals surface area contributed by atoms with Crippen LogP contribution in [0, 0.1) is 12.8 Å². The van der Waals surface area contributed by atoms with Crippen LogP contribution < -0.4 is 4.74 Å². The second-order valence-electron chi connectivity index (χ2n) is 3.94. The number of rotatable bonds is 4. The van der Waals surface area contributed by atoms with Gasteiger partial charge in [-0.2, -0.15) is 0 Å². The number of carbonyl (C=O) groups is 1. The molecule has 0 unspecified atom stereocenters. The molecular formula is C12H13ClO2. The van der Waals surface area contributed by atoms with Gasteiger partial charge in [0, 0.05) is 10.9 Å². The zero-order chi connectivity index (χ0) is 10.8. The molecule has 0 aliphatic heterocycles. The van der Waals surface area contributed by atoms with Crippen molar-refractivity contribution < 1.29 is 9.53 Å². The Morgan fingerprint density at radius 1 is 1.53 bits per heavy atom. The average molecular weight is 225 g/mol. The lowest BCUT2D eigenvalue weighted by Gasteiger charge is -2.08. The highest BCUT2D eigenvalue weighted by Gasteiger charge is 2.29. The molecule has 0 aromatic heterocycles. The largest absolute Gasteiger partial charge is 0.486 e. The van der Waals surface area contributed by atoms with E-state index in [2.05, 4.69) is 0 Å². The lowest BCUT2D eigenvalue weighted by molar-refractivity contribution is -0.122. The summed E-state index contributed by atoms with van der Waals surface area (Å²) in [6, 6.07) is 5.40. The third-order valence-corrected chi connectivity index (χ3v) is 2.77. The maximum atomic E-state index is 11.4. The highest BCUT2D eigenvalue weighted by atomic mass is 35.5. The summed E-state index contributed by atoms with van der Waals surface area (Å²) in [6.45, 7) is 2.11. The monoisotopic (exact) mass is 224 g/mol. The van der Waals surface area contributed by atoms with Crippen molar-refractivity contribution in [1.82, 2.24) is 0 Å². The van der Waals surface area contributed by atoms with Crippen molar-refractivity contribution in [2.24, 2.45) is 5.92 Å². The van der Waals surface area contributed by atoms with Crippen LogP contribution in [-0.4, -0.2) is 12.4 Å². The Hall–Kier alpha value is -1.02. The zero-order valence-corrected chi connectivity index (χ0v) is 9.38. The Morgan fingerprint density at radius 3 is 2.87 bits per heavy atom. The summed E-state index contributed by atoms with van der Waals surface area (Å²) in [4.78, 5) is 11.4. The molecule has 0 spiro atoms. The summed E-state index contributed by atoms with van der Waals surface area (Å²) < 4.78 is 5.45. The molecule has 2 rings (SSSR count). The predicted octanol–water partition coefficient (Wildman–Crippen LogP) is 3.01.